The minimum atomic E-state index is 0.0241. The third-order valence-electron chi connectivity index (χ3n) is 3.45. The molecule has 4 heteroatoms. The molecule has 0 radical (unpaired) electrons. The molecule has 0 saturated heterocycles. The first-order chi connectivity index (χ1) is 10.2. The van der Waals surface area contributed by atoms with Gasteiger partial charge in [-0.1, -0.05) is 28.1 Å². The lowest BCUT2D eigenvalue weighted by atomic mass is 10.2. The van der Waals surface area contributed by atoms with Crippen LogP contribution in [0, 0.1) is 0 Å². The van der Waals surface area contributed by atoms with Crippen LogP contribution in [0.15, 0.2) is 53.0 Å². The van der Waals surface area contributed by atoms with Gasteiger partial charge in [-0.25, -0.2) is 0 Å². The third-order valence-corrected chi connectivity index (χ3v) is 3.94. The molecule has 0 atom stereocenters. The smallest absolute Gasteiger partial charge is 0.251 e. The number of carbonyl (C=O) groups excluding carboxylic acids is 1. The summed E-state index contributed by atoms with van der Waals surface area (Å²) < 4.78 is 1.08. The molecule has 0 unspecified atom stereocenters. The summed E-state index contributed by atoms with van der Waals surface area (Å²) in [4.78, 5) is 11.9. The summed E-state index contributed by atoms with van der Waals surface area (Å²) in [7, 11) is 0. The first kappa shape index (κ1) is 14.1. The molecular formula is C17H17BrN2O. The summed E-state index contributed by atoms with van der Waals surface area (Å²) >= 11 is 3.47. The van der Waals surface area contributed by atoms with Crippen molar-refractivity contribution in [2.24, 2.45) is 0 Å². The second kappa shape index (κ2) is 6.31. The lowest BCUT2D eigenvalue weighted by Gasteiger charge is -2.08. The van der Waals surface area contributed by atoms with E-state index in [0.29, 0.717) is 6.04 Å². The number of carbonyl (C=O) groups is 1. The van der Waals surface area contributed by atoms with E-state index >= 15 is 0 Å². The van der Waals surface area contributed by atoms with Gasteiger partial charge in [0.2, 0.25) is 0 Å². The molecule has 0 aliphatic heterocycles. The second-order valence-electron chi connectivity index (χ2n) is 5.31. The normalized spacial score (nSPS) is 13.8. The molecule has 1 fully saturated rings. The number of benzene rings is 2. The predicted molar refractivity (Wildman–Crippen MR) is 88.4 cm³/mol. The van der Waals surface area contributed by atoms with Crippen molar-refractivity contribution in [3.05, 3.63) is 64.1 Å². The zero-order valence-electron chi connectivity index (χ0n) is 11.6. The summed E-state index contributed by atoms with van der Waals surface area (Å²) in [6.07, 6.45) is 2.22. The highest BCUT2D eigenvalue weighted by Crippen LogP contribution is 2.20. The fourth-order valence-electron chi connectivity index (χ4n) is 2.09. The lowest BCUT2D eigenvalue weighted by molar-refractivity contribution is 0.0951. The van der Waals surface area contributed by atoms with Crippen LogP contribution in [0.4, 0.5) is 5.69 Å². The predicted octanol–water partition coefficient (Wildman–Crippen LogP) is 3.95. The van der Waals surface area contributed by atoms with E-state index in [0.717, 1.165) is 35.1 Å². The van der Waals surface area contributed by atoms with Crippen molar-refractivity contribution in [1.29, 1.82) is 0 Å². The summed E-state index contributed by atoms with van der Waals surface area (Å²) in [5.74, 6) is 0.0241. The zero-order chi connectivity index (χ0) is 14.7. The highest BCUT2D eigenvalue weighted by atomic mass is 79.9. The molecule has 2 N–H and O–H groups in total. The van der Waals surface area contributed by atoms with Crippen molar-refractivity contribution < 1.29 is 4.79 Å². The number of hydrogen-bond donors (Lipinski definition) is 2. The summed E-state index contributed by atoms with van der Waals surface area (Å²) in [6, 6.07) is 16.2. The van der Waals surface area contributed by atoms with Gasteiger partial charge < -0.3 is 10.6 Å². The number of halogens is 1. The third kappa shape index (κ3) is 4.08. The number of rotatable bonds is 5. The molecule has 0 bridgehead atoms. The van der Waals surface area contributed by atoms with Crippen LogP contribution in [-0.2, 0) is 6.54 Å². The molecule has 3 nitrogen and oxygen atoms in total. The lowest BCUT2D eigenvalue weighted by Crippen LogP contribution is -2.25. The van der Waals surface area contributed by atoms with Crippen LogP contribution in [-0.4, -0.2) is 11.9 Å². The molecule has 1 aliphatic carbocycles. The molecule has 1 saturated carbocycles. The molecule has 108 valence electrons. The maximum absolute atomic E-state index is 11.9. The Labute approximate surface area is 132 Å². The van der Waals surface area contributed by atoms with Gasteiger partial charge in [0.05, 0.1) is 0 Å². The van der Waals surface area contributed by atoms with Gasteiger partial charge >= 0.3 is 0 Å². The molecule has 2 aromatic carbocycles. The summed E-state index contributed by atoms with van der Waals surface area (Å²) in [5.41, 5.74) is 2.94. The van der Waals surface area contributed by atoms with Crippen LogP contribution >= 0.6 is 15.9 Å². The van der Waals surface area contributed by atoms with Crippen molar-refractivity contribution in [3.8, 4) is 0 Å². The maximum Gasteiger partial charge on any atom is 0.251 e. The Balaban J connectivity index is 1.57. The van der Waals surface area contributed by atoms with E-state index in [2.05, 4.69) is 38.7 Å². The maximum atomic E-state index is 11.9. The topological polar surface area (TPSA) is 41.1 Å². The second-order valence-corrected chi connectivity index (χ2v) is 6.22. The standard InChI is InChI=1S/C17H17BrN2O/c18-14-3-1-2-12(10-14)11-19-15-6-4-13(5-7-15)17(21)20-16-8-9-16/h1-7,10,16,19H,8-9,11H2,(H,20,21). The Morgan fingerprint density at radius 3 is 2.57 bits per heavy atom. The molecule has 0 heterocycles. The fraction of sp³-hybridized carbons (Fsp3) is 0.235. The van der Waals surface area contributed by atoms with Gasteiger partial charge in [0, 0.05) is 28.3 Å². The molecular weight excluding hydrogens is 328 g/mol. The Bertz CT molecular complexity index is 635. The van der Waals surface area contributed by atoms with Crippen LogP contribution in [0.1, 0.15) is 28.8 Å². The van der Waals surface area contributed by atoms with E-state index in [1.807, 2.05) is 36.4 Å². The van der Waals surface area contributed by atoms with E-state index in [9.17, 15) is 4.79 Å². The van der Waals surface area contributed by atoms with Gasteiger partial charge in [-0.2, -0.15) is 0 Å². The minimum Gasteiger partial charge on any atom is -0.381 e. The van der Waals surface area contributed by atoms with E-state index in [-0.39, 0.29) is 5.91 Å². The average molecular weight is 345 g/mol. The van der Waals surface area contributed by atoms with Crippen LogP contribution < -0.4 is 10.6 Å². The van der Waals surface area contributed by atoms with E-state index in [1.165, 1.54) is 5.56 Å². The van der Waals surface area contributed by atoms with Gasteiger partial charge in [-0.15, -0.1) is 0 Å². The quantitative estimate of drug-likeness (QED) is 0.861. The Hall–Kier alpha value is -1.81. The van der Waals surface area contributed by atoms with E-state index in [1.54, 1.807) is 0 Å². The Morgan fingerprint density at radius 1 is 1.14 bits per heavy atom. The van der Waals surface area contributed by atoms with Gasteiger partial charge in [-0.05, 0) is 54.8 Å². The van der Waals surface area contributed by atoms with Crippen molar-refractivity contribution in [1.82, 2.24) is 5.32 Å². The van der Waals surface area contributed by atoms with Crippen molar-refractivity contribution in [2.45, 2.75) is 25.4 Å². The summed E-state index contributed by atoms with van der Waals surface area (Å²) in [6.45, 7) is 0.757. The first-order valence-electron chi connectivity index (χ1n) is 7.10. The summed E-state index contributed by atoms with van der Waals surface area (Å²) in [5, 5.41) is 6.34. The van der Waals surface area contributed by atoms with Crippen molar-refractivity contribution in [2.75, 3.05) is 5.32 Å². The Morgan fingerprint density at radius 2 is 1.90 bits per heavy atom. The number of amides is 1. The van der Waals surface area contributed by atoms with Gasteiger partial charge in [-0.3, -0.25) is 4.79 Å². The van der Waals surface area contributed by atoms with Crippen LogP contribution in [0.25, 0.3) is 0 Å². The van der Waals surface area contributed by atoms with Crippen LogP contribution in [0.3, 0.4) is 0 Å². The Kier molecular flexibility index (Phi) is 4.25. The van der Waals surface area contributed by atoms with Crippen molar-refractivity contribution >= 4 is 27.5 Å². The van der Waals surface area contributed by atoms with Gasteiger partial charge in [0.25, 0.3) is 5.91 Å². The van der Waals surface area contributed by atoms with Crippen LogP contribution in [0.5, 0.6) is 0 Å². The highest BCUT2D eigenvalue weighted by molar-refractivity contribution is 9.10. The van der Waals surface area contributed by atoms with Crippen LogP contribution in [0.2, 0.25) is 0 Å². The minimum absolute atomic E-state index is 0.0241. The number of hydrogen-bond acceptors (Lipinski definition) is 2. The highest BCUT2D eigenvalue weighted by Gasteiger charge is 2.23. The number of nitrogens with one attached hydrogen (secondary N) is 2. The zero-order valence-corrected chi connectivity index (χ0v) is 13.2. The monoisotopic (exact) mass is 344 g/mol. The molecule has 1 amide bonds. The molecule has 21 heavy (non-hydrogen) atoms. The van der Waals surface area contributed by atoms with E-state index in [4.69, 9.17) is 0 Å². The molecule has 0 spiro atoms. The largest absolute Gasteiger partial charge is 0.381 e. The van der Waals surface area contributed by atoms with Gasteiger partial charge in [0.15, 0.2) is 0 Å². The number of anilines is 1. The fourth-order valence-corrected chi connectivity index (χ4v) is 2.53. The molecule has 0 aromatic heterocycles. The van der Waals surface area contributed by atoms with Gasteiger partial charge in [0.1, 0.15) is 0 Å². The SMILES string of the molecule is O=C(NC1CC1)c1ccc(NCc2cccc(Br)c2)cc1. The molecule has 2 aromatic rings. The average Bonchev–Trinajstić information content (AvgIpc) is 3.30. The van der Waals surface area contributed by atoms with Crippen molar-refractivity contribution in [3.63, 3.8) is 0 Å². The first-order valence-corrected chi connectivity index (χ1v) is 7.89. The van der Waals surface area contributed by atoms with E-state index < -0.39 is 0 Å². The molecule has 1 aliphatic rings. The molecule has 3 rings (SSSR count).